The number of nitrogens with zero attached hydrogens (tertiary/aromatic N) is 2. The van der Waals surface area contributed by atoms with Crippen molar-refractivity contribution in [2.45, 2.75) is 19.4 Å². The molecule has 1 aromatic carbocycles. The van der Waals surface area contributed by atoms with Crippen LogP contribution in [0.5, 0.6) is 0 Å². The first-order chi connectivity index (χ1) is 8.25. The van der Waals surface area contributed by atoms with Crippen molar-refractivity contribution in [3.05, 3.63) is 54.1 Å². The van der Waals surface area contributed by atoms with E-state index in [9.17, 15) is 4.79 Å². The molecule has 2 aromatic rings. The second-order valence-electron chi connectivity index (χ2n) is 3.91. The molecule has 0 unspecified atom stereocenters. The number of imidazole rings is 1. The maximum atomic E-state index is 10.7. The molecule has 1 heterocycles. The first-order valence-electron chi connectivity index (χ1n) is 5.54. The van der Waals surface area contributed by atoms with E-state index >= 15 is 0 Å². The van der Waals surface area contributed by atoms with Crippen molar-refractivity contribution in [1.29, 1.82) is 0 Å². The molecule has 0 radical (unpaired) electrons. The summed E-state index contributed by atoms with van der Waals surface area (Å²) in [5.74, 6) is -0.880. The molecule has 4 nitrogen and oxygen atoms in total. The molecule has 0 aliphatic heterocycles. The summed E-state index contributed by atoms with van der Waals surface area (Å²) in [6, 6.07) is 7.04. The molecular formula is C13H14N2O2. The Morgan fingerprint density at radius 3 is 2.65 bits per heavy atom. The number of carboxylic acid groups (broad SMARTS) is 1. The fraction of sp³-hybridized carbons (Fsp3) is 0.231. The predicted octanol–water partition coefficient (Wildman–Crippen LogP) is 2.21. The Morgan fingerprint density at radius 2 is 2.06 bits per heavy atom. The van der Waals surface area contributed by atoms with Crippen molar-refractivity contribution in [3.63, 3.8) is 0 Å². The van der Waals surface area contributed by atoms with Gasteiger partial charge < -0.3 is 9.67 Å². The van der Waals surface area contributed by atoms with Crippen molar-refractivity contribution in [2.75, 3.05) is 0 Å². The van der Waals surface area contributed by atoms with Gasteiger partial charge in [-0.05, 0) is 30.5 Å². The molecular weight excluding hydrogens is 216 g/mol. The van der Waals surface area contributed by atoms with Gasteiger partial charge in [-0.15, -0.1) is 0 Å². The fourth-order valence-corrected chi connectivity index (χ4v) is 1.70. The summed E-state index contributed by atoms with van der Waals surface area (Å²) >= 11 is 0. The highest BCUT2D eigenvalue weighted by atomic mass is 16.4. The number of aromatic carboxylic acids is 1. The number of benzene rings is 1. The molecule has 2 rings (SSSR count). The zero-order valence-electron chi connectivity index (χ0n) is 9.41. The predicted molar refractivity (Wildman–Crippen MR) is 63.9 cm³/mol. The van der Waals surface area contributed by atoms with Crippen LogP contribution in [-0.2, 0) is 13.0 Å². The molecule has 88 valence electrons. The maximum Gasteiger partial charge on any atom is 0.335 e. The Bertz CT molecular complexity index is 475. The van der Waals surface area contributed by atoms with Gasteiger partial charge in [0.15, 0.2) is 0 Å². The van der Waals surface area contributed by atoms with Crippen molar-refractivity contribution >= 4 is 5.97 Å². The summed E-state index contributed by atoms with van der Waals surface area (Å²) in [5.41, 5.74) is 1.50. The van der Waals surface area contributed by atoms with Crippen LogP contribution in [0.1, 0.15) is 22.3 Å². The number of aromatic nitrogens is 2. The summed E-state index contributed by atoms with van der Waals surface area (Å²) < 4.78 is 2.03. The molecule has 0 aliphatic rings. The molecule has 0 saturated carbocycles. The minimum Gasteiger partial charge on any atom is -0.478 e. The van der Waals surface area contributed by atoms with Gasteiger partial charge in [-0.2, -0.15) is 0 Å². The highest BCUT2D eigenvalue weighted by molar-refractivity contribution is 5.87. The molecule has 17 heavy (non-hydrogen) atoms. The molecule has 0 aliphatic carbocycles. The largest absolute Gasteiger partial charge is 0.478 e. The molecule has 0 spiro atoms. The van der Waals surface area contributed by atoms with E-state index in [1.54, 1.807) is 24.7 Å². The summed E-state index contributed by atoms with van der Waals surface area (Å²) in [7, 11) is 0. The Labute approximate surface area is 99.5 Å². The number of carboxylic acids is 1. The SMILES string of the molecule is O=C(O)c1ccc(CCCn2ccnc2)cc1. The Morgan fingerprint density at radius 1 is 1.29 bits per heavy atom. The van der Waals surface area contributed by atoms with Gasteiger partial charge in [0.1, 0.15) is 0 Å². The van der Waals surface area contributed by atoms with Crippen LogP contribution >= 0.6 is 0 Å². The van der Waals surface area contributed by atoms with Crippen molar-refractivity contribution in [2.24, 2.45) is 0 Å². The average molecular weight is 230 g/mol. The Kier molecular flexibility index (Phi) is 3.55. The van der Waals surface area contributed by atoms with Crippen molar-refractivity contribution in [3.8, 4) is 0 Å². The van der Waals surface area contributed by atoms with Crippen LogP contribution in [0.25, 0.3) is 0 Å². The zero-order valence-corrected chi connectivity index (χ0v) is 9.41. The third-order valence-corrected chi connectivity index (χ3v) is 2.64. The van der Waals surface area contributed by atoms with Crippen molar-refractivity contribution in [1.82, 2.24) is 9.55 Å². The second kappa shape index (κ2) is 5.30. The van der Waals surface area contributed by atoms with E-state index in [1.807, 2.05) is 22.9 Å². The fourth-order valence-electron chi connectivity index (χ4n) is 1.70. The van der Waals surface area contributed by atoms with Gasteiger partial charge in [-0.25, -0.2) is 9.78 Å². The van der Waals surface area contributed by atoms with Gasteiger partial charge in [0, 0.05) is 18.9 Å². The average Bonchev–Trinajstić information content (AvgIpc) is 2.83. The highest BCUT2D eigenvalue weighted by Gasteiger charge is 2.01. The number of carbonyl (C=O) groups is 1. The van der Waals surface area contributed by atoms with E-state index in [0.717, 1.165) is 24.9 Å². The molecule has 0 atom stereocenters. The number of hydrogen-bond donors (Lipinski definition) is 1. The maximum absolute atomic E-state index is 10.7. The lowest BCUT2D eigenvalue weighted by Gasteiger charge is -2.03. The van der Waals surface area contributed by atoms with E-state index in [1.165, 1.54) is 0 Å². The lowest BCUT2D eigenvalue weighted by Crippen LogP contribution is -1.98. The van der Waals surface area contributed by atoms with Crippen molar-refractivity contribution < 1.29 is 9.90 Å². The van der Waals surface area contributed by atoms with E-state index in [0.29, 0.717) is 5.56 Å². The van der Waals surface area contributed by atoms with Crippen LogP contribution < -0.4 is 0 Å². The summed E-state index contributed by atoms with van der Waals surface area (Å²) in [5, 5.41) is 8.77. The first-order valence-corrected chi connectivity index (χ1v) is 5.54. The molecule has 0 bridgehead atoms. The van der Waals surface area contributed by atoms with E-state index in [4.69, 9.17) is 5.11 Å². The van der Waals surface area contributed by atoms with Gasteiger partial charge in [-0.1, -0.05) is 12.1 Å². The third kappa shape index (κ3) is 3.17. The highest BCUT2D eigenvalue weighted by Crippen LogP contribution is 2.07. The number of rotatable bonds is 5. The van der Waals surface area contributed by atoms with Crippen LogP contribution in [0, 0.1) is 0 Å². The Hall–Kier alpha value is -2.10. The standard InChI is InChI=1S/C13H14N2O2/c16-13(17)12-5-3-11(4-6-12)2-1-8-15-9-7-14-10-15/h3-7,9-10H,1-2,8H2,(H,16,17). The minimum absolute atomic E-state index is 0.336. The Balaban J connectivity index is 1.85. The first kappa shape index (κ1) is 11.4. The molecule has 1 N–H and O–H groups in total. The van der Waals surface area contributed by atoms with Gasteiger partial charge in [-0.3, -0.25) is 0 Å². The molecule has 1 aromatic heterocycles. The van der Waals surface area contributed by atoms with E-state index in [2.05, 4.69) is 4.98 Å². The van der Waals surface area contributed by atoms with Gasteiger partial charge >= 0.3 is 5.97 Å². The quantitative estimate of drug-likeness (QED) is 0.856. The topological polar surface area (TPSA) is 55.1 Å². The van der Waals surface area contributed by atoms with Crippen LogP contribution in [0.2, 0.25) is 0 Å². The smallest absolute Gasteiger partial charge is 0.335 e. The minimum atomic E-state index is -0.880. The van der Waals surface area contributed by atoms with Gasteiger partial charge in [0.05, 0.1) is 11.9 Å². The number of hydrogen-bond acceptors (Lipinski definition) is 2. The monoisotopic (exact) mass is 230 g/mol. The van der Waals surface area contributed by atoms with E-state index in [-0.39, 0.29) is 0 Å². The summed E-state index contributed by atoms with van der Waals surface area (Å²) in [4.78, 5) is 14.6. The van der Waals surface area contributed by atoms with E-state index < -0.39 is 5.97 Å². The summed E-state index contributed by atoms with van der Waals surface area (Å²) in [6.07, 6.45) is 7.46. The summed E-state index contributed by atoms with van der Waals surface area (Å²) in [6.45, 7) is 0.931. The molecule has 4 heteroatoms. The van der Waals surface area contributed by atoms with Gasteiger partial charge in [0.2, 0.25) is 0 Å². The molecule has 0 fully saturated rings. The van der Waals surface area contributed by atoms with Gasteiger partial charge in [0.25, 0.3) is 0 Å². The lowest BCUT2D eigenvalue weighted by atomic mass is 10.1. The lowest BCUT2D eigenvalue weighted by molar-refractivity contribution is 0.0697. The van der Waals surface area contributed by atoms with Crippen LogP contribution in [0.4, 0.5) is 0 Å². The number of aryl methyl sites for hydroxylation is 2. The zero-order chi connectivity index (χ0) is 12.1. The third-order valence-electron chi connectivity index (χ3n) is 2.64. The second-order valence-corrected chi connectivity index (χ2v) is 3.91. The van der Waals surface area contributed by atoms with Crippen LogP contribution in [-0.4, -0.2) is 20.6 Å². The normalized spacial score (nSPS) is 10.4. The van der Waals surface area contributed by atoms with Crippen LogP contribution in [0.15, 0.2) is 43.0 Å². The van der Waals surface area contributed by atoms with Crippen LogP contribution in [0.3, 0.4) is 0 Å². The molecule has 0 saturated heterocycles. The molecule has 0 amide bonds.